The lowest BCUT2D eigenvalue weighted by Gasteiger charge is -2.11. The minimum absolute atomic E-state index is 0.215. The van der Waals surface area contributed by atoms with E-state index in [1.54, 1.807) is 6.92 Å². The highest BCUT2D eigenvalue weighted by Crippen LogP contribution is 2.34. The van der Waals surface area contributed by atoms with Gasteiger partial charge in [-0.15, -0.1) is 32.9 Å². The van der Waals surface area contributed by atoms with Crippen molar-refractivity contribution in [1.29, 1.82) is 0 Å². The molecule has 0 aliphatic rings. The summed E-state index contributed by atoms with van der Waals surface area (Å²) in [6.45, 7) is 6.76. The van der Waals surface area contributed by atoms with Crippen molar-refractivity contribution in [2.75, 3.05) is 5.32 Å². The van der Waals surface area contributed by atoms with Crippen LogP contribution in [0.2, 0.25) is 0 Å². The first-order valence-corrected chi connectivity index (χ1v) is 9.52. The number of nitrogens with zero attached hydrogens (tertiary/aromatic N) is 2. The standard InChI is InChI=1S/C17H17N3O4S2/c1-8-10(3)26-16(18-11(4)21)13(8)17(22)23-9(2)14-19-20-15(24-14)12-6-5-7-25-12/h5-7,9H,1-4H3,(H,18,21)/t9-/m1/s1. The zero-order chi connectivity index (χ0) is 18.8. The van der Waals surface area contributed by atoms with Crippen molar-refractivity contribution in [2.24, 2.45) is 0 Å². The largest absolute Gasteiger partial charge is 0.449 e. The molecule has 0 bridgehead atoms. The number of carbonyl (C=O) groups is 2. The number of hydrogen-bond donors (Lipinski definition) is 1. The maximum Gasteiger partial charge on any atom is 0.342 e. The first kappa shape index (κ1) is 18.3. The van der Waals surface area contributed by atoms with Gasteiger partial charge in [0.05, 0.1) is 10.4 Å². The summed E-state index contributed by atoms with van der Waals surface area (Å²) in [6, 6.07) is 3.76. The summed E-state index contributed by atoms with van der Waals surface area (Å²) in [5.41, 5.74) is 1.13. The van der Waals surface area contributed by atoms with Gasteiger partial charge in [0.2, 0.25) is 5.91 Å². The Balaban J connectivity index is 1.79. The zero-order valence-corrected chi connectivity index (χ0v) is 16.3. The van der Waals surface area contributed by atoms with E-state index in [4.69, 9.17) is 9.15 Å². The second-order valence-electron chi connectivity index (χ2n) is 5.64. The van der Waals surface area contributed by atoms with E-state index in [2.05, 4.69) is 15.5 Å². The summed E-state index contributed by atoms with van der Waals surface area (Å²) in [4.78, 5) is 25.8. The molecule has 7 nitrogen and oxygen atoms in total. The number of nitrogens with one attached hydrogen (secondary N) is 1. The summed E-state index contributed by atoms with van der Waals surface area (Å²) < 4.78 is 11.1. The number of aromatic nitrogens is 2. The Labute approximate surface area is 158 Å². The Morgan fingerprint density at radius 1 is 1.31 bits per heavy atom. The molecular formula is C17H17N3O4S2. The summed E-state index contributed by atoms with van der Waals surface area (Å²) in [5.74, 6) is -0.184. The molecule has 0 aromatic carbocycles. The highest BCUT2D eigenvalue weighted by Gasteiger charge is 2.26. The molecule has 3 aromatic rings. The highest BCUT2D eigenvalue weighted by molar-refractivity contribution is 7.16. The molecule has 9 heteroatoms. The fourth-order valence-corrected chi connectivity index (χ4v) is 4.03. The third kappa shape index (κ3) is 3.68. The second kappa shape index (κ2) is 7.38. The van der Waals surface area contributed by atoms with Crippen LogP contribution in [0.4, 0.5) is 5.00 Å². The molecule has 0 radical (unpaired) electrons. The van der Waals surface area contributed by atoms with Crippen LogP contribution in [0.3, 0.4) is 0 Å². The van der Waals surface area contributed by atoms with Gasteiger partial charge in [-0.05, 0) is 37.8 Å². The van der Waals surface area contributed by atoms with E-state index in [0.717, 1.165) is 15.3 Å². The minimum atomic E-state index is -0.714. The molecule has 0 unspecified atom stereocenters. The summed E-state index contributed by atoms with van der Waals surface area (Å²) in [7, 11) is 0. The Morgan fingerprint density at radius 3 is 2.73 bits per heavy atom. The monoisotopic (exact) mass is 391 g/mol. The minimum Gasteiger partial charge on any atom is -0.449 e. The molecular weight excluding hydrogens is 374 g/mol. The van der Waals surface area contributed by atoms with Gasteiger partial charge in [0.25, 0.3) is 11.8 Å². The van der Waals surface area contributed by atoms with Crippen molar-refractivity contribution in [3.63, 3.8) is 0 Å². The van der Waals surface area contributed by atoms with E-state index < -0.39 is 12.1 Å². The van der Waals surface area contributed by atoms with Crippen molar-refractivity contribution in [2.45, 2.75) is 33.8 Å². The fourth-order valence-electron chi connectivity index (χ4n) is 2.29. The molecule has 3 rings (SSSR count). The van der Waals surface area contributed by atoms with Gasteiger partial charge in [-0.25, -0.2) is 4.79 Å². The van der Waals surface area contributed by atoms with Crippen molar-refractivity contribution in [1.82, 2.24) is 10.2 Å². The van der Waals surface area contributed by atoms with Gasteiger partial charge < -0.3 is 14.5 Å². The number of thiophene rings is 2. The molecule has 26 heavy (non-hydrogen) atoms. The Kier molecular flexibility index (Phi) is 5.19. The molecule has 1 atom stereocenters. The van der Waals surface area contributed by atoms with E-state index in [-0.39, 0.29) is 11.8 Å². The number of amides is 1. The van der Waals surface area contributed by atoms with Crippen molar-refractivity contribution in [3.05, 3.63) is 39.4 Å². The lowest BCUT2D eigenvalue weighted by atomic mass is 10.1. The van der Waals surface area contributed by atoms with Crippen LogP contribution in [-0.2, 0) is 9.53 Å². The number of carbonyl (C=O) groups excluding carboxylic acids is 2. The van der Waals surface area contributed by atoms with Crippen LogP contribution in [0, 0.1) is 13.8 Å². The van der Waals surface area contributed by atoms with Gasteiger partial charge in [-0.2, -0.15) is 0 Å². The van der Waals surface area contributed by atoms with Gasteiger partial charge in [-0.1, -0.05) is 6.07 Å². The van der Waals surface area contributed by atoms with Gasteiger partial charge in [0.15, 0.2) is 6.10 Å². The maximum atomic E-state index is 12.6. The normalized spacial score (nSPS) is 12.0. The molecule has 1 amide bonds. The summed E-state index contributed by atoms with van der Waals surface area (Å²) in [6.07, 6.45) is -0.714. The first-order chi connectivity index (χ1) is 12.4. The summed E-state index contributed by atoms with van der Waals surface area (Å²) >= 11 is 2.82. The predicted octanol–water partition coefficient (Wildman–Crippen LogP) is 4.35. The summed E-state index contributed by atoms with van der Waals surface area (Å²) in [5, 5.41) is 13.0. The van der Waals surface area contributed by atoms with E-state index >= 15 is 0 Å². The molecule has 0 aliphatic carbocycles. The molecule has 0 aliphatic heterocycles. The number of anilines is 1. The molecule has 3 aromatic heterocycles. The number of rotatable bonds is 5. The fraction of sp³-hybridized carbons (Fsp3) is 0.294. The van der Waals surface area contributed by atoms with Gasteiger partial charge in [0.1, 0.15) is 5.00 Å². The van der Waals surface area contributed by atoms with Gasteiger partial charge >= 0.3 is 5.97 Å². The van der Waals surface area contributed by atoms with Crippen LogP contribution in [0.1, 0.15) is 46.6 Å². The predicted molar refractivity (Wildman–Crippen MR) is 99.5 cm³/mol. The third-order valence-corrected chi connectivity index (χ3v) is 5.66. The van der Waals surface area contributed by atoms with Gasteiger partial charge in [0, 0.05) is 11.8 Å². The number of ether oxygens (including phenoxy) is 1. The van der Waals surface area contributed by atoms with Crippen molar-refractivity contribution >= 4 is 39.6 Å². The van der Waals surface area contributed by atoms with Crippen LogP contribution in [0.15, 0.2) is 21.9 Å². The highest BCUT2D eigenvalue weighted by atomic mass is 32.1. The molecule has 1 N–H and O–H groups in total. The van der Waals surface area contributed by atoms with Crippen molar-refractivity contribution in [3.8, 4) is 10.8 Å². The van der Waals surface area contributed by atoms with Crippen LogP contribution in [-0.4, -0.2) is 22.1 Å². The number of aryl methyl sites for hydroxylation is 1. The first-order valence-electron chi connectivity index (χ1n) is 7.82. The molecule has 0 saturated carbocycles. The molecule has 136 valence electrons. The van der Waals surface area contributed by atoms with Crippen LogP contribution in [0.25, 0.3) is 10.8 Å². The smallest absolute Gasteiger partial charge is 0.342 e. The van der Waals surface area contributed by atoms with E-state index in [9.17, 15) is 9.59 Å². The average molecular weight is 391 g/mol. The Morgan fingerprint density at radius 2 is 2.08 bits per heavy atom. The van der Waals surface area contributed by atoms with Crippen LogP contribution in [0.5, 0.6) is 0 Å². The molecule has 0 fully saturated rings. The topological polar surface area (TPSA) is 94.3 Å². The van der Waals surface area contributed by atoms with E-state index in [1.807, 2.05) is 31.4 Å². The average Bonchev–Trinajstić information content (AvgIpc) is 3.28. The number of esters is 1. The Bertz CT molecular complexity index is 944. The van der Waals surface area contributed by atoms with Crippen LogP contribution < -0.4 is 5.32 Å². The third-order valence-electron chi connectivity index (χ3n) is 3.68. The molecule has 0 saturated heterocycles. The van der Waals surface area contributed by atoms with Crippen LogP contribution >= 0.6 is 22.7 Å². The SMILES string of the molecule is CC(=O)Nc1sc(C)c(C)c1C(=O)O[C@H](C)c1nnc(-c2cccs2)o1. The van der Waals surface area contributed by atoms with E-state index in [1.165, 1.54) is 29.6 Å². The molecule has 0 spiro atoms. The van der Waals surface area contributed by atoms with Crippen molar-refractivity contribution < 1.29 is 18.7 Å². The lowest BCUT2D eigenvalue weighted by Crippen LogP contribution is -2.14. The quantitative estimate of drug-likeness (QED) is 0.650. The molecule has 3 heterocycles. The Hall–Kier alpha value is -2.52. The lowest BCUT2D eigenvalue weighted by molar-refractivity contribution is -0.114. The number of hydrogen-bond acceptors (Lipinski definition) is 8. The van der Waals surface area contributed by atoms with Gasteiger partial charge in [-0.3, -0.25) is 4.79 Å². The van der Waals surface area contributed by atoms with E-state index in [0.29, 0.717) is 16.5 Å². The second-order valence-corrected chi connectivity index (χ2v) is 7.81. The zero-order valence-electron chi connectivity index (χ0n) is 14.7. The maximum absolute atomic E-state index is 12.6.